The first-order chi connectivity index (χ1) is 7.98. The molecule has 1 atom stereocenters. The second kappa shape index (κ2) is 7.59. The van der Waals surface area contributed by atoms with Gasteiger partial charge in [-0.25, -0.2) is 0 Å². The molecule has 3 nitrogen and oxygen atoms in total. The van der Waals surface area contributed by atoms with Crippen molar-refractivity contribution in [3.8, 4) is 0 Å². The topological polar surface area (TPSA) is 28.4 Å². The molecule has 0 unspecified atom stereocenters. The molecule has 0 aromatic carbocycles. The Kier molecular flexibility index (Phi) is 7.54. The van der Waals surface area contributed by atoms with E-state index in [-0.39, 0.29) is 35.8 Å². The lowest BCUT2D eigenvalue weighted by atomic mass is 10.1. The van der Waals surface area contributed by atoms with Crippen LogP contribution in [0.2, 0.25) is 5.22 Å². The lowest BCUT2D eigenvalue weighted by Gasteiger charge is -2.34. The zero-order valence-electron chi connectivity index (χ0n) is 9.74. The fourth-order valence-electron chi connectivity index (χ4n) is 1.96. The Morgan fingerprint density at radius 2 is 1.79 bits per heavy atom. The summed E-state index contributed by atoms with van der Waals surface area (Å²) in [6.07, 6.45) is -4.36. The SMILES string of the molecule is Cl.Cl.FC(F)(F)[C@@H](c1ccc(Cl)o1)N1CCNCC1. The van der Waals surface area contributed by atoms with Gasteiger partial charge >= 0.3 is 6.18 Å². The smallest absolute Gasteiger partial charge is 0.411 e. The van der Waals surface area contributed by atoms with Gasteiger partial charge in [0.2, 0.25) is 0 Å². The second-order valence-electron chi connectivity index (χ2n) is 3.87. The van der Waals surface area contributed by atoms with Crippen molar-refractivity contribution in [2.75, 3.05) is 26.2 Å². The lowest BCUT2D eigenvalue weighted by molar-refractivity contribution is -0.192. The van der Waals surface area contributed by atoms with Crippen molar-refractivity contribution in [1.82, 2.24) is 10.2 Å². The average molecular weight is 342 g/mol. The van der Waals surface area contributed by atoms with Crippen LogP contribution in [-0.2, 0) is 0 Å². The van der Waals surface area contributed by atoms with Gasteiger partial charge in [0.25, 0.3) is 0 Å². The molecule has 1 aromatic rings. The van der Waals surface area contributed by atoms with Crippen molar-refractivity contribution in [1.29, 1.82) is 0 Å². The Morgan fingerprint density at radius 1 is 1.21 bits per heavy atom. The Bertz CT molecular complexity index is 380. The third-order valence-electron chi connectivity index (χ3n) is 2.69. The second-order valence-corrected chi connectivity index (χ2v) is 4.24. The van der Waals surface area contributed by atoms with Crippen LogP contribution >= 0.6 is 36.4 Å². The van der Waals surface area contributed by atoms with Gasteiger partial charge in [0.05, 0.1) is 0 Å². The molecule has 1 aliphatic rings. The molecule has 0 saturated carbocycles. The maximum Gasteiger partial charge on any atom is 0.411 e. The van der Waals surface area contributed by atoms with Crippen LogP contribution in [0.4, 0.5) is 13.2 Å². The van der Waals surface area contributed by atoms with Gasteiger partial charge in [-0.1, -0.05) is 0 Å². The molecule has 19 heavy (non-hydrogen) atoms. The maximum atomic E-state index is 13.0. The molecular weight excluding hydrogens is 327 g/mol. The number of alkyl halides is 3. The van der Waals surface area contributed by atoms with Gasteiger partial charge in [0.1, 0.15) is 5.76 Å². The highest BCUT2D eigenvalue weighted by molar-refractivity contribution is 6.28. The standard InChI is InChI=1S/C10H12ClF3N2O.2ClH/c11-8-2-1-7(17-8)9(10(12,13)14)16-5-3-15-4-6-16;;/h1-2,9,15H,3-6H2;2*1H/t9-;;/m1../s1. The maximum absolute atomic E-state index is 13.0. The van der Waals surface area contributed by atoms with E-state index in [0.717, 1.165) is 0 Å². The van der Waals surface area contributed by atoms with Crippen molar-refractivity contribution in [3.05, 3.63) is 23.1 Å². The van der Waals surface area contributed by atoms with E-state index in [9.17, 15) is 13.2 Å². The van der Waals surface area contributed by atoms with Gasteiger partial charge in [0.15, 0.2) is 11.3 Å². The number of piperazine rings is 1. The van der Waals surface area contributed by atoms with Gasteiger partial charge in [0, 0.05) is 26.2 Å². The summed E-state index contributed by atoms with van der Waals surface area (Å²) in [5.41, 5.74) is 0. The number of furan rings is 1. The van der Waals surface area contributed by atoms with Crippen molar-refractivity contribution < 1.29 is 17.6 Å². The zero-order valence-corrected chi connectivity index (χ0v) is 12.1. The van der Waals surface area contributed by atoms with Crippen LogP contribution in [0.25, 0.3) is 0 Å². The highest BCUT2D eigenvalue weighted by Crippen LogP contribution is 2.39. The van der Waals surface area contributed by atoms with Crippen molar-refractivity contribution in [2.45, 2.75) is 12.2 Å². The number of nitrogens with zero attached hydrogens (tertiary/aromatic N) is 1. The van der Waals surface area contributed by atoms with E-state index in [4.69, 9.17) is 16.0 Å². The molecule has 2 heterocycles. The molecule has 0 amide bonds. The fourth-order valence-corrected chi connectivity index (χ4v) is 2.12. The molecule has 9 heteroatoms. The van der Waals surface area contributed by atoms with Crippen LogP contribution in [0, 0.1) is 0 Å². The third-order valence-corrected chi connectivity index (χ3v) is 2.89. The molecule has 2 rings (SSSR count). The Labute approximate surface area is 126 Å². The van der Waals surface area contributed by atoms with Crippen LogP contribution in [0.5, 0.6) is 0 Å². The van der Waals surface area contributed by atoms with Crippen LogP contribution in [0.3, 0.4) is 0 Å². The van der Waals surface area contributed by atoms with E-state index >= 15 is 0 Å². The van der Waals surface area contributed by atoms with E-state index in [1.54, 1.807) is 0 Å². The summed E-state index contributed by atoms with van der Waals surface area (Å²) in [6.45, 7) is 1.76. The molecule has 1 fully saturated rings. The number of hydrogen-bond donors (Lipinski definition) is 1. The zero-order chi connectivity index (χ0) is 12.5. The summed E-state index contributed by atoms with van der Waals surface area (Å²) in [7, 11) is 0. The highest BCUT2D eigenvalue weighted by atomic mass is 35.5. The first-order valence-corrected chi connectivity index (χ1v) is 5.63. The Balaban J connectivity index is 0.00000162. The van der Waals surface area contributed by atoms with Gasteiger partial charge in [-0.15, -0.1) is 24.8 Å². The van der Waals surface area contributed by atoms with E-state index in [1.165, 1.54) is 17.0 Å². The summed E-state index contributed by atoms with van der Waals surface area (Å²) < 4.78 is 44.0. The monoisotopic (exact) mass is 340 g/mol. The minimum absolute atomic E-state index is 0. The lowest BCUT2D eigenvalue weighted by Crippen LogP contribution is -2.48. The van der Waals surface area contributed by atoms with Crippen molar-refractivity contribution in [2.24, 2.45) is 0 Å². The number of nitrogens with one attached hydrogen (secondary N) is 1. The summed E-state index contributed by atoms with van der Waals surface area (Å²) >= 11 is 5.53. The first kappa shape index (κ1) is 18.9. The number of hydrogen-bond acceptors (Lipinski definition) is 3. The normalized spacial score (nSPS) is 18.3. The molecular formula is C10H14Cl3F3N2O. The van der Waals surface area contributed by atoms with Crippen molar-refractivity contribution in [3.63, 3.8) is 0 Å². The Morgan fingerprint density at radius 3 is 2.21 bits per heavy atom. The average Bonchev–Trinajstić information content (AvgIpc) is 2.64. The molecule has 1 saturated heterocycles. The molecule has 0 aliphatic carbocycles. The van der Waals surface area contributed by atoms with E-state index < -0.39 is 12.2 Å². The molecule has 1 N–H and O–H groups in total. The van der Waals surface area contributed by atoms with Crippen LogP contribution in [-0.4, -0.2) is 37.3 Å². The summed E-state index contributed by atoms with van der Waals surface area (Å²) in [6, 6.07) is 0.900. The van der Waals surface area contributed by atoms with E-state index in [2.05, 4.69) is 5.32 Å². The van der Waals surface area contributed by atoms with Crippen molar-refractivity contribution >= 4 is 36.4 Å². The molecule has 112 valence electrons. The number of rotatable bonds is 2. The molecule has 0 radical (unpaired) electrons. The minimum atomic E-state index is -4.36. The Hall–Kier alpha value is -0.140. The third kappa shape index (κ3) is 4.72. The number of halogens is 6. The minimum Gasteiger partial charge on any atom is -0.448 e. The van der Waals surface area contributed by atoms with Crippen LogP contribution < -0.4 is 5.32 Å². The molecule has 0 spiro atoms. The molecule has 1 aliphatic heterocycles. The van der Waals surface area contributed by atoms with Gasteiger partial charge in [-0.2, -0.15) is 13.2 Å². The molecule has 0 bridgehead atoms. The highest BCUT2D eigenvalue weighted by Gasteiger charge is 2.46. The summed E-state index contributed by atoms with van der Waals surface area (Å²) in [5.74, 6) is -0.149. The van der Waals surface area contributed by atoms with E-state index in [0.29, 0.717) is 26.2 Å². The fraction of sp³-hybridized carbons (Fsp3) is 0.600. The summed E-state index contributed by atoms with van der Waals surface area (Å²) in [4.78, 5) is 1.35. The van der Waals surface area contributed by atoms with Gasteiger partial charge < -0.3 is 9.73 Å². The largest absolute Gasteiger partial charge is 0.448 e. The van der Waals surface area contributed by atoms with Crippen LogP contribution in [0.1, 0.15) is 11.8 Å². The first-order valence-electron chi connectivity index (χ1n) is 5.25. The quantitative estimate of drug-likeness (QED) is 0.895. The summed E-state index contributed by atoms with van der Waals surface area (Å²) in [5, 5.41) is 2.99. The van der Waals surface area contributed by atoms with Gasteiger partial charge in [-0.05, 0) is 23.7 Å². The van der Waals surface area contributed by atoms with Crippen LogP contribution in [0.15, 0.2) is 16.5 Å². The predicted octanol–water partition coefficient (Wildman–Crippen LogP) is 3.29. The molecule has 1 aromatic heterocycles. The van der Waals surface area contributed by atoms with E-state index in [1.807, 2.05) is 0 Å². The van der Waals surface area contributed by atoms with Gasteiger partial charge in [-0.3, -0.25) is 4.90 Å². The predicted molar refractivity (Wildman–Crippen MR) is 71.5 cm³/mol.